The van der Waals surface area contributed by atoms with Crippen LogP contribution in [0.1, 0.15) is 18.1 Å². The summed E-state index contributed by atoms with van der Waals surface area (Å²) in [5, 5.41) is 18.5. The smallest absolute Gasteiger partial charge is 0.306 e. The van der Waals surface area contributed by atoms with E-state index in [1.807, 2.05) is 0 Å². The number of halogens is 2. The van der Waals surface area contributed by atoms with Crippen LogP contribution in [0.15, 0.2) is 18.2 Å². The Labute approximate surface area is 90.9 Å². The van der Waals surface area contributed by atoms with E-state index in [-0.39, 0.29) is 6.42 Å². The Kier molecular flexibility index (Phi) is 3.75. The summed E-state index contributed by atoms with van der Waals surface area (Å²) in [4.78, 5) is 10.3. The van der Waals surface area contributed by atoms with E-state index in [2.05, 4.69) is 0 Å². The minimum absolute atomic E-state index is 0.300. The Morgan fingerprint density at radius 2 is 2.00 bits per heavy atom. The predicted molar refractivity (Wildman–Crippen MR) is 53.7 cm³/mol. The number of benzene rings is 1. The summed E-state index contributed by atoms with van der Waals surface area (Å²) in [6.07, 6.45) is -1.40. The molecule has 1 aromatic carbocycles. The molecule has 1 aromatic rings. The number of rotatable bonds is 3. The fourth-order valence-electron chi connectivity index (χ4n) is 1.00. The molecule has 0 unspecified atom stereocenters. The molecule has 0 aliphatic heterocycles. The summed E-state index contributed by atoms with van der Waals surface area (Å²) in [6.45, 7) is 0. The number of aliphatic hydroxyl groups is 1. The zero-order valence-corrected chi connectivity index (χ0v) is 8.59. The molecule has 76 valence electrons. The average molecular weight is 235 g/mol. The van der Waals surface area contributed by atoms with Crippen molar-refractivity contribution in [1.82, 2.24) is 0 Å². The molecule has 0 heterocycles. The molecule has 0 radical (unpaired) electrons. The van der Waals surface area contributed by atoms with E-state index in [9.17, 15) is 9.90 Å². The van der Waals surface area contributed by atoms with Crippen LogP contribution in [0.25, 0.3) is 0 Å². The molecule has 0 aromatic heterocycles. The van der Waals surface area contributed by atoms with Crippen molar-refractivity contribution in [2.45, 2.75) is 12.5 Å². The molecular formula is C9H8Cl2O3. The van der Waals surface area contributed by atoms with Crippen LogP contribution in [-0.4, -0.2) is 16.2 Å². The molecular weight excluding hydrogens is 227 g/mol. The summed E-state index contributed by atoms with van der Waals surface area (Å²) in [5.74, 6) is -1.07. The highest BCUT2D eigenvalue weighted by atomic mass is 35.5. The maximum absolute atomic E-state index is 10.3. The lowest BCUT2D eigenvalue weighted by atomic mass is 10.1. The van der Waals surface area contributed by atoms with Gasteiger partial charge in [-0.05, 0) is 17.7 Å². The van der Waals surface area contributed by atoms with Gasteiger partial charge >= 0.3 is 5.97 Å². The van der Waals surface area contributed by atoms with E-state index >= 15 is 0 Å². The van der Waals surface area contributed by atoms with Gasteiger partial charge in [-0.1, -0.05) is 29.3 Å². The number of carbonyl (C=O) groups is 1. The van der Waals surface area contributed by atoms with Crippen molar-refractivity contribution in [2.75, 3.05) is 0 Å². The van der Waals surface area contributed by atoms with Crippen LogP contribution in [0.4, 0.5) is 0 Å². The Morgan fingerprint density at radius 1 is 1.36 bits per heavy atom. The van der Waals surface area contributed by atoms with Crippen molar-refractivity contribution in [1.29, 1.82) is 0 Å². The Balaban J connectivity index is 2.85. The summed E-state index contributed by atoms with van der Waals surface area (Å²) in [7, 11) is 0. The van der Waals surface area contributed by atoms with Gasteiger partial charge in [0.2, 0.25) is 0 Å². The van der Waals surface area contributed by atoms with E-state index in [1.165, 1.54) is 12.1 Å². The first-order chi connectivity index (χ1) is 6.50. The van der Waals surface area contributed by atoms with E-state index in [0.29, 0.717) is 15.6 Å². The van der Waals surface area contributed by atoms with Crippen molar-refractivity contribution in [3.05, 3.63) is 33.8 Å². The first-order valence-corrected chi connectivity index (χ1v) is 4.61. The Hall–Kier alpha value is -0.770. The molecule has 0 amide bonds. The van der Waals surface area contributed by atoms with E-state index < -0.39 is 12.1 Å². The number of carboxylic acids is 1. The van der Waals surface area contributed by atoms with Crippen LogP contribution in [0, 0.1) is 0 Å². The topological polar surface area (TPSA) is 57.5 Å². The summed E-state index contributed by atoms with van der Waals surface area (Å²) in [5.41, 5.74) is 0.446. The van der Waals surface area contributed by atoms with E-state index in [0.717, 1.165) is 0 Å². The highest BCUT2D eigenvalue weighted by molar-refractivity contribution is 6.42. The fourth-order valence-corrected chi connectivity index (χ4v) is 1.31. The van der Waals surface area contributed by atoms with Crippen LogP contribution in [0.2, 0.25) is 10.0 Å². The zero-order chi connectivity index (χ0) is 10.7. The third-order valence-electron chi connectivity index (χ3n) is 1.70. The molecule has 0 aliphatic carbocycles. The average Bonchev–Trinajstić information content (AvgIpc) is 2.08. The second-order valence-electron chi connectivity index (χ2n) is 2.79. The lowest BCUT2D eigenvalue weighted by Gasteiger charge is -2.08. The number of aliphatic carboxylic acids is 1. The molecule has 0 spiro atoms. The first kappa shape index (κ1) is 11.3. The van der Waals surface area contributed by atoms with Crippen LogP contribution >= 0.6 is 23.2 Å². The van der Waals surface area contributed by atoms with Gasteiger partial charge in [-0.25, -0.2) is 0 Å². The van der Waals surface area contributed by atoms with Crippen molar-refractivity contribution in [3.8, 4) is 0 Å². The molecule has 5 heteroatoms. The maximum Gasteiger partial charge on any atom is 0.306 e. The van der Waals surface area contributed by atoms with Gasteiger partial charge in [-0.3, -0.25) is 4.79 Å². The molecule has 3 nitrogen and oxygen atoms in total. The third kappa shape index (κ3) is 2.87. The highest BCUT2D eigenvalue weighted by Gasteiger charge is 2.12. The van der Waals surface area contributed by atoms with Gasteiger partial charge < -0.3 is 10.2 Å². The largest absolute Gasteiger partial charge is 0.481 e. The Bertz CT molecular complexity index is 352. The van der Waals surface area contributed by atoms with Gasteiger partial charge in [-0.15, -0.1) is 0 Å². The predicted octanol–water partition coefficient (Wildman–Crippen LogP) is 2.50. The van der Waals surface area contributed by atoms with Gasteiger partial charge in [0, 0.05) is 0 Å². The molecule has 0 saturated carbocycles. The fraction of sp³-hybridized carbons (Fsp3) is 0.222. The molecule has 1 atom stereocenters. The van der Waals surface area contributed by atoms with Gasteiger partial charge in [-0.2, -0.15) is 0 Å². The second-order valence-corrected chi connectivity index (χ2v) is 3.60. The number of carboxylic acid groups (broad SMARTS) is 1. The van der Waals surface area contributed by atoms with E-state index in [1.54, 1.807) is 6.07 Å². The maximum atomic E-state index is 10.3. The summed E-state index contributed by atoms with van der Waals surface area (Å²) < 4.78 is 0. The monoisotopic (exact) mass is 234 g/mol. The van der Waals surface area contributed by atoms with Crippen LogP contribution in [0.5, 0.6) is 0 Å². The standard InChI is InChI=1S/C9H8Cl2O3/c10-6-2-1-5(3-7(6)11)8(12)4-9(13)14/h1-3,8,12H,4H2,(H,13,14)/t8-/m1/s1. The van der Waals surface area contributed by atoms with Crippen LogP contribution in [0.3, 0.4) is 0 Å². The van der Waals surface area contributed by atoms with Crippen molar-refractivity contribution in [2.24, 2.45) is 0 Å². The Morgan fingerprint density at radius 3 is 2.50 bits per heavy atom. The van der Waals surface area contributed by atoms with Crippen LogP contribution in [-0.2, 0) is 4.79 Å². The normalized spacial score (nSPS) is 12.5. The van der Waals surface area contributed by atoms with Gasteiger partial charge in [0.1, 0.15) is 0 Å². The lowest BCUT2D eigenvalue weighted by Crippen LogP contribution is -2.05. The van der Waals surface area contributed by atoms with Crippen LogP contribution < -0.4 is 0 Å². The van der Waals surface area contributed by atoms with E-state index in [4.69, 9.17) is 28.3 Å². The SMILES string of the molecule is O=C(O)C[C@@H](O)c1ccc(Cl)c(Cl)c1. The summed E-state index contributed by atoms with van der Waals surface area (Å²) >= 11 is 11.4. The lowest BCUT2D eigenvalue weighted by molar-refractivity contribution is -0.139. The molecule has 2 N–H and O–H groups in total. The first-order valence-electron chi connectivity index (χ1n) is 3.85. The zero-order valence-electron chi connectivity index (χ0n) is 7.08. The molecule has 0 saturated heterocycles. The third-order valence-corrected chi connectivity index (χ3v) is 2.44. The van der Waals surface area contributed by atoms with Gasteiger partial charge in [0.15, 0.2) is 0 Å². The highest BCUT2D eigenvalue weighted by Crippen LogP contribution is 2.26. The number of hydrogen-bond donors (Lipinski definition) is 2. The van der Waals surface area contributed by atoms with Gasteiger partial charge in [0.05, 0.1) is 22.6 Å². The number of aliphatic hydroxyl groups excluding tert-OH is 1. The number of hydrogen-bond acceptors (Lipinski definition) is 2. The van der Waals surface area contributed by atoms with Crippen molar-refractivity contribution >= 4 is 29.2 Å². The molecule has 0 aliphatic rings. The van der Waals surface area contributed by atoms with Gasteiger partial charge in [0.25, 0.3) is 0 Å². The minimum Gasteiger partial charge on any atom is -0.481 e. The second kappa shape index (κ2) is 4.64. The molecule has 14 heavy (non-hydrogen) atoms. The quantitative estimate of drug-likeness (QED) is 0.846. The molecule has 0 bridgehead atoms. The van der Waals surface area contributed by atoms with Crippen molar-refractivity contribution in [3.63, 3.8) is 0 Å². The molecule has 1 rings (SSSR count). The van der Waals surface area contributed by atoms with Crippen molar-refractivity contribution < 1.29 is 15.0 Å². The minimum atomic E-state index is -1.07. The molecule has 0 fully saturated rings. The summed E-state index contributed by atoms with van der Waals surface area (Å²) in [6, 6.07) is 4.52.